The lowest BCUT2D eigenvalue weighted by atomic mass is 10.0. The number of piperidine rings is 1. The Kier molecular flexibility index (Phi) is 7.21. The van der Waals surface area contributed by atoms with Crippen molar-refractivity contribution in [2.24, 2.45) is 0 Å². The lowest BCUT2D eigenvalue weighted by Gasteiger charge is -2.37. The Bertz CT molecular complexity index is 954. The molecule has 1 amide bonds. The van der Waals surface area contributed by atoms with Crippen molar-refractivity contribution in [1.29, 1.82) is 0 Å². The van der Waals surface area contributed by atoms with Gasteiger partial charge in [-0.15, -0.1) is 0 Å². The Morgan fingerprint density at radius 3 is 2.28 bits per heavy atom. The first-order chi connectivity index (χ1) is 14.9. The van der Waals surface area contributed by atoms with E-state index in [-0.39, 0.29) is 35.2 Å². The van der Waals surface area contributed by atoms with Gasteiger partial charge in [0, 0.05) is 55.5 Å². The summed E-state index contributed by atoms with van der Waals surface area (Å²) < 4.78 is 79.6. The largest absolute Gasteiger partial charge is 0.451 e. The van der Waals surface area contributed by atoms with Crippen molar-refractivity contribution in [2.75, 3.05) is 19.6 Å². The molecule has 32 heavy (non-hydrogen) atoms. The van der Waals surface area contributed by atoms with Gasteiger partial charge in [0.15, 0.2) is 0 Å². The van der Waals surface area contributed by atoms with Gasteiger partial charge in [0.05, 0.1) is 16.6 Å². The van der Waals surface area contributed by atoms with Crippen LogP contribution in [0.1, 0.15) is 40.6 Å². The molecule has 1 aliphatic heterocycles. The molecular formula is C19H16Cl2F6N4O. The maximum Gasteiger partial charge on any atom is 0.451 e. The summed E-state index contributed by atoms with van der Waals surface area (Å²) in [5.74, 6) is -6.08. The first-order valence-electron chi connectivity index (χ1n) is 9.31. The fourth-order valence-corrected chi connectivity index (χ4v) is 3.87. The Labute approximate surface area is 188 Å². The van der Waals surface area contributed by atoms with E-state index in [1.165, 1.54) is 6.07 Å². The molecule has 174 valence electrons. The molecule has 1 N–H and O–H groups in total. The minimum atomic E-state index is -4.75. The predicted molar refractivity (Wildman–Crippen MR) is 104 cm³/mol. The van der Waals surface area contributed by atoms with Gasteiger partial charge in [-0.25, -0.2) is 23.1 Å². The van der Waals surface area contributed by atoms with E-state index in [4.69, 9.17) is 23.2 Å². The number of benzene rings is 1. The number of hydrogen-bond acceptors (Lipinski definition) is 4. The van der Waals surface area contributed by atoms with E-state index in [0.717, 1.165) is 18.5 Å². The van der Waals surface area contributed by atoms with Crippen LogP contribution in [-0.2, 0) is 6.18 Å². The fourth-order valence-electron chi connectivity index (χ4n) is 3.31. The first kappa shape index (κ1) is 24.5. The maximum atomic E-state index is 14.2. The van der Waals surface area contributed by atoms with Crippen LogP contribution in [0.2, 0.25) is 10.0 Å². The number of alkyl halides is 5. The van der Waals surface area contributed by atoms with Gasteiger partial charge in [0.25, 0.3) is 11.8 Å². The zero-order valence-electron chi connectivity index (χ0n) is 16.2. The van der Waals surface area contributed by atoms with Gasteiger partial charge in [0.2, 0.25) is 5.82 Å². The van der Waals surface area contributed by atoms with Gasteiger partial charge in [-0.05, 0) is 12.1 Å². The SMILES string of the molecule is O=C(NCC(c1cnc(C(F)(F)F)nc1)N1CCC(F)(F)CC1)c1c(F)cc(Cl)cc1Cl. The quantitative estimate of drug-likeness (QED) is 0.577. The number of amides is 1. The third-order valence-corrected chi connectivity index (χ3v) is 5.49. The molecule has 0 spiro atoms. The topological polar surface area (TPSA) is 58.1 Å². The third kappa shape index (κ3) is 5.81. The number of rotatable bonds is 5. The van der Waals surface area contributed by atoms with Crippen LogP contribution in [0.4, 0.5) is 26.3 Å². The van der Waals surface area contributed by atoms with Crippen LogP contribution in [0, 0.1) is 5.82 Å². The maximum absolute atomic E-state index is 14.2. The molecule has 2 heterocycles. The van der Waals surface area contributed by atoms with E-state index < -0.39 is 54.1 Å². The summed E-state index contributed by atoms with van der Waals surface area (Å²) in [6.45, 7) is -0.396. The van der Waals surface area contributed by atoms with E-state index in [0.29, 0.717) is 0 Å². The highest BCUT2D eigenvalue weighted by atomic mass is 35.5. The molecule has 1 saturated heterocycles. The highest BCUT2D eigenvalue weighted by molar-refractivity contribution is 6.36. The number of halogens is 8. The molecule has 2 aromatic rings. The average molecular weight is 501 g/mol. The smallest absolute Gasteiger partial charge is 0.350 e. The van der Waals surface area contributed by atoms with Crippen LogP contribution >= 0.6 is 23.2 Å². The summed E-state index contributed by atoms with van der Waals surface area (Å²) in [6, 6.07) is 1.25. The molecule has 0 saturated carbocycles. The van der Waals surface area contributed by atoms with Crippen molar-refractivity contribution in [3.8, 4) is 0 Å². The second-order valence-corrected chi connectivity index (χ2v) is 8.04. The molecule has 1 fully saturated rings. The molecule has 13 heteroatoms. The highest BCUT2D eigenvalue weighted by Crippen LogP contribution is 2.33. The minimum Gasteiger partial charge on any atom is -0.350 e. The number of nitrogens with one attached hydrogen (secondary N) is 1. The lowest BCUT2D eigenvalue weighted by Crippen LogP contribution is -2.45. The van der Waals surface area contributed by atoms with Gasteiger partial charge < -0.3 is 5.32 Å². The van der Waals surface area contributed by atoms with E-state index in [1.807, 2.05) is 0 Å². The van der Waals surface area contributed by atoms with Crippen molar-refractivity contribution in [1.82, 2.24) is 20.2 Å². The average Bonchev–Trinajstić information content (AvgIpc) is 2.68. The van der Waals surface area contributed by atoms with E-state index >= 15 is 0 Å². The molecular weight excluding hydrogens is 485 g/mol. The number of hydrogen-bond donors (Lipinski definition) is 1. The van der Waals surface area contributed by atoms with Crippen LogP contribution < -0.4 is 5.32 Å². The molecule has 1 aromatic heterocycles. The molecule has 0 aliphatic carbocycles. The monoisotopic (exact) mass is 500 g/mol. The van der Waals surface area contributed by atoms with E-state index in [1.54, 1.807) is 4.90 Å². The molecule has 0 bridgehead atoms. The number of aromatic nitrogens is 2. The van der Waals surface area contributed by atoms with E-state index in [9.17, 15) is 31.1 Å². The van der Waals surface area contributed by atoms with Crippen molar-refractivity contribution in [3.63, 3.8) is 0 Å². The van der Waals surface area contributed by atoms with Gasteiger partial charge in [0.1, 0.15) is 5.82 Å². The Morgan fingerprint density at radius 2 is 1.75 bits per heavy atom. The molecule has 1 aromatic carbocycles. The summed E-state index contributed by atoms with van der Waals surface area (Å²) in [7, 11) is 0. The van der Waals surface area contributed by atoms with Crippen LogP contribution in [0.25, 0.3) is 0 Å². The number of likely N-dealkylation sites (tertiary alicyclic amines) is 1. The first-order valence-corrected chi connectivity index (χ1v) is 10.1. The van der Waals surface area contributed by atoms with Crippen LogP contribution in [0.3, 0.4) is 0 Å². The second-order valence-electron chi connectivity index (χ2n) is 7.20. The molecule has 5 nitrogen and oxygen atoms in total. The van der Waals surface area contributed by atoms with Crippen LogP contribution in [0.15, 0.2) is 24.5 Å². The molecule has 1 aliphatic rings. The molecule has 3 rings (SSSR count). The molecule has 1 unspecified atom stereocenters. The lowest BCUT2D eigenvalue weighted by molar-refractivity contribution is -0.145. The summed E-state index contributed by atoms with van der Waals surface area (Å²) in [5, 5.41) is 2.20. The summed E-state index contributed by atoms with van der Waals surface area (Å²) >= 11 is 11.6. The zero-order valence-corrected chi connectivity index (χ0v) is 17.7. The van der Waals surface area contributed by atoms with Gasteiger partial charge in [-0.2, -0.15) is 13.2 Å². The summed E-state index contributed by atoms with van der Waals surface area (Å²) in [4.78, 5) is 20.7. The minimum absolute atomic E-state index is 0.0157. The normalized spacial score (nSPS) is 17.8. The number of nitrogens with zero attached hydrogens (tertiary/aromatic N) is 3. The van der Waals surface area contributed by atoms with E-state index in [2.05, 4.69) is 15.3 Å². The standard InChI is InChI=1S/C19H16Cl2F6N4O/c20-11-5-12(21)15(13(22)6-11)16(32)28-9-14(31-3-1-18(23,24)2-4-31)10-7-29-17(30-8-10)19(25,26)27/h5-8,14H,1-4,9H2,(H,28,32). The molecule has 1 atom stereocenters. The third-order valence-electron chi connectivity index (χ3n) is 4.97. The number of carbonyl (C=O) groups is 1. The van der Waals surface area contributed by atoms with Crippen molar-refractivity contribution in [3.05, 3.63) is 57.3 Å². The Morgan fingerprint density at radius 1 is 1.16 bits per heavy atom. The van der Waals surface area contributed by atoms with Crippen molar-refractivity contribution >= 4 is 29.1 Å². The Balaban J connectivity index is 1.82. The highest BCUT2D eigenvalue weighted by Gasteiger charge is 2.38. The molecule has 0 radical (unpaired) electrons. The predicted octanol–water partition coefficient (Wildman–Crippen LogP) is 5.14. The van der Waals surface area contributed by atoms with Crippen molar-refractivity contribution < 1.29 is 31.1 Å². The van der Waals surface area contributed by atoms with Gasteiger partial charge in [-0.3, -0.25) is 9.69 Å². The Hall–Kier alpha value is -2.11. The number of carbonyl (C=O) groups excluding carboxylic acids is 1. The van der Waals surface area contributed by atoms with Crippen LogP contribution in [-0.4, -0.2) is 46.3 Å². The zero-order chi connectivity index (χ0) is 23.7. The van der Waals surface area contributed by atoms with Crippen molar-refractivity contribution in [2.45, 2.75) is 31.0 Å². The summed E-state index contributed by atoms with van der Waals surface area (Å²) in [5.41, 5.74) is -0.296. The van der Waals surface area contributed by atoms with Gasteiger partial charge >= 0.3 is 6.18 Å². The summed E-state index contributed by atoms with van der Waals surface area (Å²) in [6.07, 6.45) is -3.82. The van der Waals surface area contributed by atoms with Crippen LogP contribution in [0.5, 0.6) is 0 Å². The fraction of sp³-hybridized carbons (Fsp3) is 0.421. The van der Waals surface area contributed by atoms with Gasteiger partial charge in [-0.1, -0.05) is 23.2 Å². The second kappa shape index (κ2) is 9.40.